The van der Waals surface area contributed by atoms with Gasteiger partial charge in [0.05, 0.1) is 7.11 Å². The highest BCUT2D eigenvalue weighted by Crippen LogP contribution is 2.58. The number of benzene rings is 1. The number of ether oxygens (including phenoxy) is 1. The molecule has 1 heterocycles. The summed E-state index contributed by atoms with van der Waals surface area (Å²) in [4.78, 5) is 12.8. The first-order valence-electron chi connectivity index (χ1n) is 10.3. The minimum atomic E-state index is 0.0936. The van der Waals surface area contributed by atoms with Crippen molar-refractivity contribution in [1.29, 1.82) is 0 Å². The van der Waals surface area contributed by atoms with Crippen molar-refractivity contribution in [2.45, 2.75) is 56.8 Å². The number of nitrogens with one attached hydrogen (secondary N) is 2. The summed E-state index contributed by atoms with van der Waals surface area (Å²) in [5, 5.41) is 6.78. The minimum Gasteiger partial charge on any atom is -0.497 e. The van der Waals surface area contributed by atoms with Gasteiger partial charge >= 0.3 is 0 Å². The molecule has 1 aromatic rings. The molecule has 2 aliphatic carbocycles. The molecule has 0 radical (unpaired) electrons. The lowest BCUT2D eigenvalue weighted by atomic mass is 9.69. The van der Waals surface area contributed by atoms with Gasteiger partial charge in [-0.05, 0) is 68.3 Å². The zero-order valence-electron chi connectivity index (χ0n) is 16.0. The molecule has 1 spiro atoms. The van der Waals surface area contributed by atoms with Crippen LogP contribution in [0.15, 0.2) is 24.3 Å². The molecule has 26 heavy (non-hydrogen) atoms. The Kier molecular flexibility index (Phi) is 4.96. The molecule has 1 amide bonds. The maximum Gasteiger partial charge on any atom is 0.223 e. The van der Waals surface area contributed by atoms with Crippen LogP contribution in [0.25, 0.3) is 0 Å². The summed E-state index contributed by atoms with van der Waals surface area (Å²) >= 11 is 0. The van der Waals surface area contributed by atoms with E-state index in [9.17, 15) is 4.79 Å². The van der Waals surface area contributed by atoms with Gasteiger partial charge in [0.25, 0.3) is 0 Å². The second-order valence-electron chi connectivity index (χ2n) is 8.66. The first kappa shape index (κ1) is 17.8. The molecule has 1 aromatic carbocycles. The van der Waals surface area contributed by atoms with Crippen LogP contribution in [0.3, 0.4) is 0 Å². The summed E-state index contributed by atoms with van der Waals surface area (Å²) < 4.78 is 5.32. The average molecular weight is 357 g/mol. The van der Waals surface area contributed by atoms with Crippen LogP contribution in [0.2, 0.25) is 0 Å². The van der Waals surface area contributed by atoms with Crippen molar-refractivity contribution in [3.8, 4) is 5.75 Å². The summed E-state index contributed by atoms with van der Waals surface area (Å²) in [6, 6.07) is 8.50. The van der Waals surface area contributed by atoms with Gasteiger partial charge in [0.1, 0.15) is 5.75 Å². The largest absolute Gasteiger partial charge is 0.497 e. The van der Waals surface area contributed by atoms with Gasteiger partial charge in [0.15, 0.2) is 0 Å². The highest BCUT2D eigenvalue weighted by Gasteiger charge is 2.57. The first-order chi connectivity index (χ1) is 12.7. The molecule has 3 fully saturated rings. The van der Waals surface area contributed by atoms with Crippen molar-refractivity contribution < 1.29 is 9.53 Å². The standard InChI is InChI=1S/C22H32N2O2/c1-26-18-7-5-17(6-8-18)22(9-3-2-4-10-22)16-24-20(25)19-15-21(19)11-13-23-14-12-21/h5-8,19,23H,2-4,9-16H2,1H3,(H,24,25). The Bertz CT molecular complexity index is 628. The maximum atomic E-state index is 12.8. The molecule has 1 atom stereocenters. The smallest absolute Gasteiger partial charge is 0.223 e. The van der Waals surface area contributed by atoms with Gasteiger partial charge in [0, 0.05) is 17.9 Å². The minimum absolute atomic E-state index is 0.0936. The van der Waals surface area contributed by atoms with Crippen molar-refractivity contribution in [1.82, 2.24) is 10.6 Å². The number of amides is 1. The third-order valence-corrected chi connectivity index (χ3v) is 7.22. The molecule has 142 valence electrons. The van der Waals surface area contributed by atoms with Crippen LogP contribution in [0, 0.1) is 11.3 Å². The lowest BCUT2D eigenvalue weighted by molar-refractivity contribution is -0.123. The van der Waals surface area contributed by atoms with Crippen molar-refractivity contribution in [3.05, 3.63) is 29.8 Å². The fourth-order valence-corrected chi connectivity index (χ4v) is 5.32. The van der Waals surface area contributed by atoms with Crippen molar-refractivity contribution >= 4 is 5.91 Å². The average Bonchev–Trinajstić information content (AvgIpc) is 3.40. The second kappa shape index (κ2) is 7.22. The Morgan fingerprint density at radius 2 is 1.81 bits per heavy atom. The Morgan fingerprint density at radius 1 is 1.12 bits per heavy atom. The van der Waals surface area contributed by atoms with Crippen molar-refractivity contribution in [3.63, 3.8) is 0 Å². The summed E-state index contributed by atoms with van der Waals surface area (Å²) in [6.45, 7) is 2.92. The summed E-state index contributed by atoms with van der Waals surface area (Å²) in [7, 11) is 1.71. The third kappa shape index (κ3) is 3.36. The summed E-state index contributed by atoms with van der Waals surface area (Å²) in [5.41, 5.74) is 1.76. The fourth-order valence-electron chi connectivity index (χ4n) is 5.32. The number of hydrogen-bond donors (Lipinski definition) is 2. The highest BCUT2D eigenvalue weighted by atomic mass is 16.5. The van der Waals surface area contributed by atoms with Gasteiger partial charge in [-0.3, -0.25) is 4.79 Å². The van der Waals surface area contributed by atoms with Crippen molar-refractivity contribution in [2.75, 3.05) is 26.7 Å². The van der Waals surface area contributed by atoms with Gasteiger partial charge in [0.2, 0.25) is 5.91 Å². The maximum absolute atomic E-state index is 12.8. The number of carbonyl (C=O) groups excluding carboxylic acids is 1. The van der Waals surface area contributed by atoms with Gasteiger partial charge in [-0.15, -0.1) is 0 Å². The molecule has 1 aliphatic heterocycles. The lowest BCUT2D eigenvalue weighted by Gasteiger charge is -2.38. The molecular weight excluding hydrogens is 324 g/mol. The van der Waals surface area contributed by atoms with Gasteiger partial charge in [-0.1, -0.05) is 31.4 Å². The van der Waals surface area contributed by atoms with E-state index >= 15 is 0 Å². The van der Waals surface area contributed by atoms with E-state index in [0.717, 1.165) is 44.6 Å². The topological polar surface area (TPSA) is 50.4 Å². The van der Waals surface area contributed by atoms with Crippen LogP contribution in [0.5, 0.6) is 5.75 Å². The second-order valence-corrected chi connectivity index (χ2v) is 8.66. The van der Waals surface area contributed by atoms with E-state index in [-0.39, 0.29) is 11.3 Å². The Morgan fingerprint density at radius 3 is 2.46 bits per heavy atom. The number of carbonyl (C=O) groups is 1. The quantitative estimate of drug-likeness (QED) is 0.850. The Balaban J connectivity index is 1.43. The highest BCUT2D eigenvalue weighted by molar-refractivity contribution is 5.82. The molecule has 3 aliphatic rings. The van der Waals surface area contributed by atoms with E-state index in [2.05, 4.69) is 34.9 Å². The molecule has 0 aromatic heterocycles. The molecule has 4 heteroatoms. The van der Waals surface area contributed by atoms with Crippen LogP contribution in [0.1, 0.15) is 56.9 Å². The molecule has 1 unspecified atom stereocenters. The van der Waals surface area contributed by atoms with Gasteiger partial charge in [-0.2, -0.15) is 0 Å². The number of rotatable bonds is 5. The van der Waals surface area contributed by atoms with E-state index in [1.807, 2.05) is 0 Å². The molecule has 2 saturated carbocycles. The fraction of sp³-hybridized carbons (Fsp3) is 0.682. The third-order valence-electron chi connectivity index (χ3n) is 7.22. The normalized spacial score (nSPS) is 26.3. The van der Waals surface area contributed by atoms with E-state index < -0.39 is 0 Å². The number of piperidine rings is 1. The molecular formula is C22H32N2O2. The van der Waals surface area contributed by atoms with Crippen LogP contribution >= 0.6 is 0 Å². The summed E-state index contributed by atoms with van der Waals surface area (Å²) in [5.74, 6) is 1.45. The van der Waals surface area contributed by atoms with E-state index in [0.29, 0.717) is 11.3 Å². The Hall–Kier alpha value is -1.55. The van der Waals surface area contributed by atoms with Crippen LogP contribution in [0.4, 0.5) is 0 Å². The van der Waals surface area contributed by atoms with E-state index in [1.165, 1.54) is 37.7 Å². The molecule has 4 nitrogen and oxygen atoms in total. The Labute approximate surface area is 157 Å². The SMILES string of the molecule is COc1ccc(C2(CNC(=O)C3CC34CCNCC4)CCCCC2)cc1. The zero-order valence-corrected chi connectivity index (χ0v) is 16.0. The van der Waals surface area contributed by atoms with Gasteiger partial charge < -0.3 is 15.4 Å². The predicted octanol–water partition coefficient (Wildman–Crippen LogP) is 3.40. The van der Waals surface area contributed by atoms with Crippen molar-refractivity contribution in [2.24, 2.45) is 11.3 Å². The molecule has 4 rings (SSSR count). The van der Waals surface area contributed by atoms with E-state index in [4.69, 9.17) is 4.74 Å². The molecule has 1 saturated heterocycles. The number of hydrogen-bond acceptors (Lipinski definition) is 3. The molecule has 2 N–H and O–H groups in total. The van der Waals surface area contributed by atoms with E-state index in [1.54, 1.807) is 7.11 Å². The van der Waals surface area contributed by atoms with Gasteiger partial charge in [-0.25, -0.2) is 0 Å². The summed E-state index contributed by atoms with van der Waals surface area (Å²) in [6.07, 6.45) is 9.56. The monoisotopic (exact) mass is 356 g/mol. The number of methoxy groups -OCH3 is 1. The predicted molar refractivity (Wildman–Crippen MR) is 103 cm³/mol. The van der Waals surface area contributed by atoms with Crippen LogP contribution in [-0.4, -0.2) is 32.7 Å². The van der Waals surface area contributed by atoms with Crippen LogP contribution < -0.4 is 15.4 Å². The lowest BCUT2D eigenvalue weighted by Crippen LogP contribution is -2.43. The van der Waals surface area contributed by atoms with Crippen LogP contribution in [-0.2, 0) is 10.2 Å². The first-order valence-corrected chi connectivity index (χ1v) is 10.3. The molecule has 0 bridgehead atoms. The zero-order chi connectivity index (χ0) is 18.0.